The van der Waals surface area contributed by atoms with Gasteiger partial charge in [-0.05, 0) is 45.4 Å². The van der Waals surface area contributed by atoms with Gasteiger partial charge in [-0.3, -0.25) is 9.25 Å². The third-order valence-electron chi connectivity index (χ3n) is 4.32. The van der Waals surface area contributed by atoms with Crippen LogP contribution in [0.15, 0.2) is 47.7 Å². The Morgan fingerprint density at radius 2 is 1.96 bits per heavy atom. The lowest BCUT2D eigenvalue weighted by Crippen LogP contribution is -2.38. The number of guanidine groups is 1. The Morgan fingerprint density at radius 1 is 1.14 bits per heavy atom. The van der Waals surface area contributed by atoms with Crippen molar-refractivity contribution in [3.8, 4) is 5.69 Å². The smallest absolute Gasteiger partial charge is 0.191 e. The second-order valence-corrected chi connectivity index (χ2v) is 6.58. The Morgan fingerprint density at radius 3 is 2.68 bits per heavy atom. The summed E-state index contributed by atoms with van der Waals surface area (Å²) in [6.45, 7) is 9.10. The molecular weight excluding hydrogens is 352 g/mol. The molecule has 1 aromatic carbocycles. The summed E-state index contributed by atoms with van der Waals surface area (Å²) < 4.78 is 4.00. The lowest BCUT2D eigenvalue weighted by atomic mass is 10.3. The maximum absolute atomic E-state index is 4.66. The van der Waals surface area contributed by atoms with Crippen LogP contribution in [0.1, 0.15) is 30.6 Å². The monoisotopic (exact) mass is 380 g/mol. The van der Waals surface area contributed by atoms with E-state index in [2.05, 4.69) is 50.8 Å². The number of rotatable bonds is 8. The van der Waals surface area contributed by atoms with Crippen LogP contribution < -0.4 is 10.6 Å². The number of aryl methyl sites for hydroxylation is 3. The molecule has 148 valence electrons. The summed E-state index contributed by atoms with van der Waals surface area (Å²) in [5.74, 6) is 1.57. The number of hydrogen-bond donors (Lipinski definition) is 2. The van der Waals surface area contributed by atoms with Gasteiger partial charge in [0.05, 0.1) is 5.69 Å². The summed E-state index contributed by atoms with van der Waals surface area (Å²) in [6.07, 6.45) is 2.68. The molecule has 3 aromatic rings. The topological polar surface area (TPSA) is 85.0 Å². The number of hydrogen-bond acceptors (Lipinski definition) is 4. The average Bonchev–Trinajstić information content (AvgIpc) is 3.29. The molecule has 0 atom stereocenters. The van der Waals surface area contributed by atoms with E-state index in [-0.39, 0.29) is 0 Å². The Hall–Kier alpha value is -3.16. The zero-order chi connectivity index (χ0) is 19.8. The van der Waals surface area contributed by atoms with Crippen molar-refractivity contribution in [1.29, 1.82) is 0 Å². The molecule has 0 saturated carbocycles. The Labute approximate surface area is 165 Å². The number of nitrogens with one attached hydrogen (secondary N) is 2. The molecule has 8 nitrogen and oxygen atoms in total. The highest BCUT2D eigenvalue weighted by molar-refractivity contribution is 5.79. The van der Waals surface area contributed by atoms with E-state index in [1.165, 1.54) is 5.69 Å². The van der Waals surface area contributed by atoms with Crippen molar-refractivity contribution in [1.82, 2.24) is 35.2 Å². The van der Waals surface area contributed by atoms with Crippen LogP contribution in [0.2, 0.25) is 0 Å². The Balaban J connectivity index is 1.56. The molecule has 2 heterocycles. The SMILES string of the molecule is CCNC(=NCc1nncn1-c1ccccc1)NCCCn1nc(C)cc1C. The highest BCUT2D eigenvalue weighted by Crippen LogP contribution is 2.09. The molecule has 2 N–H and O–H groups in total. The first-order chi connectivity index (χ1) is 13.7. The quantitative estimate of drug-likeness (QED) is 0.356. The predicted molar refractivity (Wildman–Crippen MR) is 110 cm³/mol. The molecule has 28 heavy (non-hydrogen) atoms. The van der Waals surface area contributed by atoms with Crippen molar-refractivity contribution in [2.45, 2.75) is 40.3 Å². The molecule has 0 bridgehead atoms. The van der Waals surface area contributed by atoms with E-state index in [0.717, 1.165) is 49.2 Å². The third-order valence-corrected chi connectivity index (χ3v) is 4.32. The maximum atomic E-state index is 4.66. The molecule has 8 heteroatoms. The third kappa shape index (κ3) is 5.18. The number of nitrogens with zero attached hydrogens (tertiary/aromatic N) is 6. The number of benzene rings is 1. The van der Waals surface area contributed by atoms with Gasteiger partial charge in [-0.15, -0.1) is 10.2 Å². The van der Waals surface area contributed by atoms with E-state index in [0.29, 0.717) is 6.54 Å². The van der Waals surface area contributed by atoms with Crippen molar-refractivity contribution in [2.75, 3.05) is 13.1 Å². The highest BCUT2D eigenvalue weighted by Gasteiger charge is 2.06. The van der Waals surface area contributed by atoms with Gasteiger partial charge in [0.15, 0.2) is 11.8 Å². The van der Waals surface area contributed by atoms with E-state index in [1.807, 2.05) is 46.5 Å². The second-order valence-electron chi connectivity index (χ2n) is 6.58. The van der Waals surface area contributed by atoms with Crippen LogP contribution >= 0.6 is 0 Å². The molecule has 0 aliphatic carbocycles. The lowest BCUT2D eigenvalue weighted by Gasteiger charge is -2.12. The van der Waals surface area contributed by atoms with Gasteiger partial charge in [0.1, 0.15) is 12.9 Å². The zero-order valence-corrected chi connectivity index (χ0v) is 16.8. The summed E-state index contributed by atoms with van der Waals surface area (Å²) in [7, 11) is 0. The fraction of sp³-hybridized carbons (Fsp3) is 0.400. The lowest BCUT2D eigenvalue weighted by molar-refractivity contribution is 0.555. The number of aliphatic imine (C=N–C) groups is 1. The van der Waals surface area contributed by atoms with Crippen molar-refractivity contribution < 1.29 is 0 Å². The fourth-order valence-electron chi connectivity index (χ4n) is 3.00. The highest BCUT2D eigenvalue weighted by atomic mass is 15.3. The molecule has 0 unspecified atom stereocenters. The Bertz CT molecular complexity index is 894. The summed E-state index contributed by atoms with van der Waals surface area (Å²) in [4.78, 5) is 4.66. The van der Waals surface area contributed by atoms with Crippen LogP contribution in [0, 0.1) is 13.8 Å². The first kappa shape index (κ1) is 19.6. The average molecular weight is 381 g/mol. The molecule has 0 fully saturated rings. The summed E-state index contributed by atoms with van der Waals surface area (Å²) >= 11 is 0. The fourth-order valence-corrected chi connectivity index (χ4v) is 3.00. The molecule has 0 amide bonds. The minimum absolute atomic E-state index is 0.446. The zero-order valence-electron chi connectivity index (χ0n) is 16.8. The van der Waals surface area contributed by atoms with Crippen LogP contribution in [0.4, 0.5) is 0 Å². The maximum Gasteiger partial charge on any atom is 0.191 e. The van der Waals surface area contributed by atoms with Gasteiger partial charge < -0.3 is 10.6 Å². The van der Waals surface area contributed by atoms with Gasteiger partial charge in [0.25, 0.3) is 0 Å². The van der Waals surface area contributed by atoms with Gasteiger partial charge in [0.2, 0.25) is 0 Å². The van der Waals surface area contributed by atoms with Crippen LogP contribution in [0.5, 0.6) is 0 Å². The van der Waals surface area contributed by atoms with Crippen molar-refractivity contribution in [3.63, 3.8) is 0 Å². The summed E-state index contributed by atoms with van der Waals surface area (Å²) in [5, 5.41) is 19.4. The molecule has 2 aromatic heterocycles. The number of aromatic nitrogens is 5. The summed E-state index contributed by atoms with van der Waals surface area (Å²) in [6, 6.07) is 12.1. The molecular formula is C20H28N8. The Kier molecular flexibility index (Phi) is 6.78. The largest absolute Gasteiger partial charge is 0.357 e. The van der Waals surface area contributed by atoms with E-state index in [4.69, 9.17) is 0 Å². The normalized spacial score (nSPS) is 11.6. The number of para-hydroxylation sites is 1. The minimum atomic E-state index is 0.446. The van der Waals surface area contributed by atoms with Crippen LogP contribution in [0.25, 0.3) is 5.69 Å². The minimum Gasteiger partial charge on any atom is -0.357 e. The molecule has 0 aliphatic rings. The van der Waals surface area contributed by atoms with Crippen molar-refractivity contribution >= 4 is 5.96 Å². The van der Waals surface area contributed by atoms with Crippen LogP contribution in [0.3, 0.4) is 0 Å². The van der Waals surface area contributed by atoms with Gasteiger partial charge >= 0.3 is 0 Å². The van der Waals surface area contributed by atoms with E-state index in [1.54, 1.807) is 6.33 Å². The molecule has 3 rings (SSSR count). The van der Waals surface area contributed by atoms with Crippen molar-refractivity contribution in [3.05, 3.63) is 59.9 Å². The molecule has 0 radical (unpaired) electrons. The molecule has 0 spiro atoms. The predicted octanol–water partition coefficient (Wildman–Crippen LogP) is 2.23. The summed E-state index contributed by atoms with van der Waals surface area (Å²) in [5.41, 5.74) is 3.28. The van der Waals surface area contributed by atoms with Crippen LogP contribution in [-0.4, -0.2) is 43.6 Å². The van der Waals surface area contributed by atoms with E-state index < -0.39 is 0 Å². The van der Waals surface area contributed by atoms with Gasteiger partial charge in [-0.25, -0.2) is 4.99 Å². The van der Waals surface area contributed by atoms with E-state index >= 15 is 0 Å². The van der Waals surface area contributed by atoms with Crippen molar-refractivity contribution in [2.24, 2.45) is 4.99 Å². The standard InChI is InChI=1S/C20H28N8/c1-4-21-20(22-11-8-12-28-17(3)13-16(2)26-28)23-14-19-25-24-15-27(19)18-9-6-5-7-10-18/h5-7,9-10,13,15H,4,8,11-12,14H2,1-3H3,(H2,21,22,23). The van der Waals surface area contributed by atoms with Gasteiger partial charge in [-0.1, -0.05) is 18.2 Å². The van der Waals surface area contributed by atoms with Crippen LogP contribution in [-0.2, 0) is 13.1 Å². The molecule has 0 aliphatic heterocycles. The first-order valence-corrected chi connectivity index (χ1v) is 9.65. The first-order valence-electron chi connectivity index (χ1n) is 9.65. The van der Waals surface area contributed by atoms with Gasteiger partial charge in [-0.2, -0.15) is 5.10 Å². The molecule has 0 saturated heterocycles. The second kappa shape index (κ2) is 9.68. The van der Waals surface area contributed by atoms with E-state index in [9.17, 15) is 0 Å². The van der Waals surface area contributed by atoms with Gasteiger partial charge in [0, 0.05) is 31.0 Å².